The first-order valence-corrected chi connectivity index (χ1v) is 7.77. The Bertz CT molecular complexity index is 667. The third kappa shape index (κ3) is 2.98. The zero-order valence-electron chi connectivity index (χ0n) is 11.0. The van der Waals surface area contributed by atoms with Gasteiger partial charge in [0.25, 0.3) is 0 Å². The lowest BCUT2D eigenvalue weighted by Crippen LogP contribution is -2.02. The van der Waals surface area contributed by atoms with Gasteiger partial charge in [0.05, 0.1) is 12.0 Å². The van der Waals surface area contributed by atoms with Crippen molar-refractivity contribution in [2.24, 2.45) is 0 Å². The maximum atomic E-state index is 13.9. The van der Waals surface area contributed by atoms with Crippen LogP contribution in [0.5, 0.6) is 5.75 Å². The summed E-state index contributed by atoms with van der Waals surface area (Å²) >= 11 is 18.7. The Kier molecular flexibility index (Phi) is 4.30. The summed E-state index contributed by atoms with van der Waals surface area (Å²) in [6, 6.07) is 8.27. The minimum Gasteiger partial charge on any atom is -0.493 e. The molecule has 0 saturated heterocycles. The molecule has 0 bridgehead atoms. The molecule has 2 aromatic rings. The second-order valence-electron chi connectivity index (χ2n) is 4.95. The first-order chi connectivity index (χ1) is 10.1. The first kappa shape index (κ1) is 15.0. The van der Waals surface area contributed by atoms with E-state index < -0.39 is 5.38 Å². The number of hydrogen-bond acceptors (Lipinski definition) is 1. The Morgan fingerprint density at radius 1 is 1.24 bits per heavy atom. The van der Waals surface area contributed by atoms with Crippen LogP contribution in [0.1, 0.15) is 22.1 Å². The minimum absolute atomic E-state index is 0.281. The number of hydrogen-bond donors (Lipinski definition) is 0. The summed E-state index contributed by atoms with van der Waals surface area (Å²) < 4.78 is 19.5. The van der Waals surface area contributed by atoms with Gasteiger partial charge in [-0.3, -0.25) is 0 Å². The van der Waals surface area contributed by atoms with Crippen LogP contribution in [-0.2, 0) is 12.8 Å². The van der Waals surface area contributed by atoms with Crippen LogP contribution in [-0.4, -0.2) is 6.61 Å². The van der Waals surface area contributed by atoms with Crippen LogP contribution in [0.15, 0.2) is 30.3 Å². The molecule has 0 aromatic heterocycles. The van der Waals surface area contributed by atoms with Gasteiger partial charge in [-0.15, -0.1) is 11.6 Å². The maximum absolute atomic E-state index is 13.9. The fourth-order valence-corrected chi connectivity index (χ4v) is 3.35. The van der Waals surface area contributed by atoms with Crippen molar-refractivity contribution >= 4 is 34.8 Å². The van der Waals surface area contributed by atoms with Gasteiger partial charge >= 0.3 is 0 Å². The van der Waals surface area contributed by atoms with Crippen molar-refractivity contribution in [1.82, 2.24) is 0 Å². The van der Waals surface area contributed by atoms with Crippen molar-refractivity contribution in [3.05, 3.63) is 62.9 Å². The van der Waals surface area contributed by atoms with Crippen molar-refractivity contribution in [1.29, 1.82) is 0 Å². The number of halogens is 4. The highest BCUT2D eigenvalue weighted by molar-refractivity contribution is 6.32. The van der Waals surface area contributed by atoms with Gasteiger partial charge in [0.1, 0.15) is 11.6 Å². The van der Waals surface area contributed by atoms with Gasteiger partial charge in [-0.05, 0) is 36.2 Å². The van der Waals surface area contributed by atoms with Crippen molar-refractivity contribution in [2.45, 2.75) is 18.2 Å². The molecule has 1 nitrogen and oxygen atoms in total. The highest BCUT2D eigenvalue weighted by Crippen LogP contribution is 2.40. The molecule has 5 heteroatoms. The third-order valence-corrected chi connectivity index (χ3v) is 4.52. The van der Waals surface area contributed by atoms with Crippen LogP contribution in [0, 0.1) is 5.82 Å². The molecular weight excluding hydrogens is 334 g/mol. The van der Waals surface area contributed by atoms with E-state index in [-0.39, 0.29) is 12.2 Å². The van der Waals surface area contributed by atoms with Gasteiger partial charge in [0, 0.05) is 27.6 Å². The zero-order chi connectivity index (χ0) is 15.0. The van der Waals surface area contributed by atoms with Crippen LogP contribution < -0.4 is 4.74 Å². The second kappa shape index (κ2) is 6.04. The average Bonchev–Trinajstić information content (AvgIpc) is 2.90. The molecule has 0 radical (unpaired) electrons. The van der Waals surface area contributed by atoms with Crippen LogP contribution in [0.2, 0.25) is 10.0 Å². The molecule has 21 heavy (non-hydrogen) atoms. The second-order valence-corrected chi connectivity index (χ2v) is 6.32. The van der Waals surface area contributed by atoms with Crippen LogP contribution in [0.3, 0.4) is 0 Å². The summed E-state index contributed by atoms with van der Waals surface area (Å²) in [7, 11) is 0. The Labute approximate surface area is 137 Å². The van der Waals surface area contributed by atoms with Gasteiger partial charge in [0.2, 0.25) is 0 Å². The van der Waals surface area contributed by atoms with Crippen LogP contribution >= 0.6 is 34.8 Å². The van der Waals surface area contributed by atoms with Gasteiger partial charge in [-0.25, -0.2) is 4.39 Å². The van der Waals surface area contributed by atoms with E-state index >= 15 is 0 Å². The van der Waals surface area contributed by atoms with E-state index in [4.69, 9.17) is 39.5 Å². The van der Waals surface area contributed by atoms with E-state index in [0.717, 1.165) is 23.3 Å². The van der Waals surface area contributed by atoms with Gasteiger partial charge in [-0.1, -0.05) is 29.3 Å². The number of rotatable bonds is 3. The Hall–Kier alpha value is -0.960. The molecule has 1 unspecified atom stereocenters. The predicted molar refractivity (Wildman–Crippen MR) is 84.4 cm³/mol. The SMILES string of the molecule is Fc1cccc(Cl)c1CC(Cl)c1cc(Cl)cc2c1OCC2. The number of benzene rings is 2. The molecule has 1 aliphatic rings. The number of fused-ring (bicyclic) bond motifs is 1. The lowest BCUT2D eigenvalue weighted by molar-refractivity contribution is 0.353. The van der Waals surface area contributed by atoms with Crippen LogP contribution in [0.4, 0.5) is 4.39 Å². The largest absolute Gasteiger partial charge is 0.493 e. The van der Waals surface area contributed by atoms with E-state index in [2.05, 4.69) is 0 Å². The topological polar surface area (TPSA) is 9.23 Å². The summed E-state index contributed by atoms with van der Waals surface area (Å²) in [6.45, 7) is 0.618. The molecular formula is C16H12Cl3FO. The Balaban J connectivity index is 1.95. The highest BCUT2D eigenvalue weighted by Gasteiger charge is 2.23. The Morgan fingerprint density at radius 2 is 2.05 bits per heavy atom. The third-order valence-electron chi connectivity index (χ3n) is 3.56. The molecule has 110 valence electrons. The molecule has 1 heterocycles. The number of alkyl halides is 1. The van der Waals surface area contributed by atoms with Crippen molar-refractivity contribution in [3.63, 3.8) is 0 Å². The normalized spacial score (nSPS) is 14.7. The highest BCUT2D eigenvalue weighted by atomic mass is 35.5. The summed E-state index contributed by atoms with van der Waals surface area (Å²) in [6.07, 6.45) is 1.09. The zero-order valence-corrected chi connectivity index (χ0v) is 13.3. The molecule has 0 spiro atoms. The lowest BCUT2D eigenvalue weighted by atomic mass is 10.00. The molecule has 0 saturated carbocycles. The van der Waals surface area contributed by atoms with Gasteiger partial charge in [0.15, 0.2) is 0 Å². The van der Waals surface area contributed by atoms with E-state index in [9.17, 15) is 4.39 Å². The molecule has 3 rings (SSSR count). The fraction of sp³-hybridized carbons (Fsp3) is 0.250. The standard InChI is InChI=1S/C16H12Cl3FO/c17-10-6-9-4-5-21-16(9)12(7-10)14(19)8-11-13(18)2-1-3-15(11)20/h1-3,6-7,14H,4-5,8H2. The first-order valence-electron chi connectivity index (χ1n) is 6.58. The summed E-state index contributed by atoms with van der Waals surface area (Å²) in [5.74, 6) is 0.416. The van der Waals surface area contributed by atoms with E-state index in [1.165, 1.54) is 6.07 Å². The molecule has 0 amide bonds. The molecule has 1 aliphatic heterocycles. The van der Waals surface area contributed by atoms with Crippen LogP contribution in [0.25, 0.3) is 0 Å². The lowest BCUT2D eigenvalue weighted by Gasteiger charge is -2.15. The maximum Gasteiger partial charge on any atom is 0.127 e. The van der Waals surface area contributed by atoms with E-state index in [0.29, 0.717) is 22.2 Å². The molecule has 0 fully saturated rings. The summed E-state index contributed by atoms with van der Waals surface area (Å²) in [4.78, 5) is 0. The van der Waals surface area contributed by atoms with Gasteiger partial charge in [-0.2, -0.15) is 0 Å². The van der Waals surface area contributed by atoms with E-state index in [1.54, 1.807) is 18.2 Å². The molecule has 1 atom stereocenters. The van der Waals surface area contributed by atoms with Gasteiger partial charge < -0.3 is 4.74 Å². The van der Waals surface area contributed by atoms with Crippen molar-refractivity contribution in [3.8, 4) is 5.75 Å². The number of ether oxygens (including phenoxy) is 1. The molecule has 0 aliphatic carbocycles. The van der Waals surface area contributed by atoms with E-state index in [1.807, 2.05) is 6.07 Å². The fourth-order valence-electron chi connectivity index (χ4n) is 2.55. The predicted octanol–water partition coefficient (Wildman–Crippen LogP) is 5.59. The van der Waals surface area contributed by atoms with Crippen molar-refractivity contribution < 1.29 is 9.13 Å². The summed E-state index contributed by atoms with van der Waals surface area (Å²) in [5, 5.41) is 0.532. The quantitative estimate of drug-likeness (QED) is 0.659. The summed E-state index contributed by atoms with van der Waals surface area (Å²) in [5.41, 5.74) is 2.24. The smallest absolute Gasteiger partial charge is 0.127 e. The molecule has 0 N–H and O–H groups in total. The van der Waals surface area contributed by atoms with Crippen molar-refractivity contribution in [2.75, 3.05) is 6.61 Å². The Morgan fingerprint density at radius 3 is 2.81 bits per heavy atom. The average molecular weight is 346 g/mol. The molecule has 2 aromatic carbocycles. The monoisotopic (exact) mass is 344 g/mol. The minimum atomic E-state index is -0.454.